The smallest absolute Gasteiger partial charge is 0.0506 e. The molecule has 23 heavy (non-hydrogen) atoms. The highest BCUT2D eigenvalue weighted by molar-refractivity contribution is 6.17. The number of unbranched alkanes of at least 4 members (excludes halogenated alkanes) is 11. The molecule has 136 valence electrons. The van der Waals surface area contributed by atoms with Crippen molar-refractivity contribution in [2.75, 3.05) is 19.1 Å². The second-order valence-corrected chi connectivity index (χ2v) is 6.72. The molecule has 0 atom stereocenters. The van der Waals surface area contributed by atoms with E-state index in [0.29, 0.717) is 5.88 Å². The summed E-state index contributed by atoms with van der Waals surface area (Å²) in [7, 11) is 0. The average Bonchev–Trinajstić information content (AvgIpc) is 2.57. The van der Waals surface area contributed by atoms with Gasteiger partial charge in [0.1, 0.15) is 0 Å². The summed E-state index contributed by atoms with van der Waals surface area (Å²) in [5, 5.41) is 0. The lowest BCUT2D eigenvalue weighted by atomic mass is 10.1. The van der Waals surface area contributed by atoms with E-state index in [9.17, 15) is 0 Å². The van der Waals surface area contributed by atoms with Crippen LogP contribution in [0.4, 0.5) is 0 Å². The predicted molar refractivity (Wildman–Crippen MR) is 105 cm³/mol. The van der Waals surface area contributed by atoms with Crippen LogP contribution in [-0.2, 0) is 4.74 Å². The lowest BCUT2D eigenvalue weighted by Crippen LogP contribution is -1.95. The molecule has 0 heterocycles. The van der Waals surface area contributed by atoms with Crippen molar-refractivity contribution in [3.05, 3.63) is 17.9 Å². The first-order chi connectivity index (χ1) is 11.4. The van der Waals surface area contributed by atoms with Gasteiger partial charge in [-0.3, -0.25) is 0 Å². The van der Waals surface area contributed by atoms with Crippen molar-refractivity contribution in [3.8, 4) is 0 Å². The molecule has 0 amide bonds. The van der Waals surface area contributed by atoms with E-state index in [4.69, 9.17) is 16.3 Å². The monoisotopic (exact) mass is 342 g/mol. The molecule has 0 saturated heterocycles. The van der Waals surface area contributed by atoms with Gasteiger partial charge in [-0.15, -0.1) is 17.3 Å². The van der Waals surface area contributed by atoms with Gasteiger partial charge in [0.05, 0.1) is 6.61 Å². The van der Waals surface area contributed by atoms with Gasteiger partial charge in [-0.05, 0) is 31.4 Å². The third-order valence-electron chi connectivity index (χ3n) is 4.04. The standard InChI is InChI=1S/C21H39ClO/c1-2-3-4-5-6-7-8-9-10-11-14-17-20-23-21-18-15-12-13-16-19-22/h13,15H,2-11,14,16-21H2,1H3. The molecule has 0 unspecified atom stereocenters. The van der Waals surface area contributed by atoms with Crippen LogP contribution in [0.3, 0.4) is 0 Å². The second kappa shape index (κ2) is 21.8. The molecule has 2 heteroatoms. The van der Waals surface area contributed by atoms with Crippen molar-refractivity contribution in [1.29, 1.82) is 0 Å². The molecule has 0 aliphatic rings. The van der Waals surface area contributed by atoms with Crippen LogP contribution in [0.15, 0.2) is 17.9 Å². The second-order valence-electron chi connectivity index (χ2n) is 6.34. The van der Waals surface area contributed by atoms with Crippen molar-refractivity contribution in [2.45, 2.75) is 96.8 Å². The summed E-state index contributed by atoms with van der Waals surface area (Å²) >= 11 is 5.57. The first-order valence-corrected chi connectivity index (χ1v) is 10.5. The third-order valence-corrected chi connectivity index (χ3v) is 4.26. The van der Waals surface area contributed by atoms with Crippen molar-refractivity contribution in [3.63, 3.8) is 0 Å². The van der Waals surface area contributed by atoms with Gasteiger partial charge in [-0.1, -0.05) is 77.6 Å². The topological polar surface area (TPSA) is 9.23 Å². The number of hydrogen-bond acceptors (Lipinski definition) is 1. The van der Waals surface area contributed by atoms with E-state index in [0.717, 1.165) is 26.1 Å². The number of hydrogen-bond donors (Lipinski definition) is 0. The van der Waals surface area contributed by atoms with E-state index < -0.39 is 0 Å². The molecule has 0 aromatic heterocycles. The normalized spacial score (nSPS) is 10.5. The van der Waals surface area contributed by atoms with Crippen LogP contribution in [0, 0.1) is 0 Å². The Morgan fingerprint density at radius 1 is 0.696 bits per heavy atom. The maximum Gasteiger partial charge on any atom is 0.0506 e. The van der Waals surface area contributed by atoms with Gasteiger partial charge in [0.25, 0.3) is 0 Å². The van der Waals surface area contributed by atoms with Gasteiger partial charge in [0.2, 0.25) is 0 Å². The molecule has 0 aromatic carbocycles. The fraction of sp³-hybridized carbons (Fsp3) is 0.857. The predicted octanol–water partition coefficient (Wildman–Crippen LogP) is 7.43. The quantitative estimate of drug-likeness (QED) is 0.143. The van der Waals surface area contributed by atoms with Crippen LogP contribution >= 0.6 is 11.6 Å². The van der Waals surface area contributed by atoms with Crippen LogP contribution < -0.4 is 0 Å². The van der Waals surface area contributed by atoms with Gasteiger partial charge >= 0.3 is 0 Å². The van der Waals surface area contributed by atoms with E-state index in [-0.39, 0.29) is 0 Å². The molecule has 0 aliphatic heterocycles. The van der Waals surface area contributed by atoms with Gasteiger partial charge in [0.15, 0.2) is 0 Å². The van der Waals surface area contributed by atoms with E-state index in [1.165, 1.54) is 77.0 Å². The summed E-state index contributed by atoms with van der Waals surface area (Å²) in [4.78, 5) is 0. The van der Waals surface area contributed by atoms with Crippen molar-refractivity contribution >= 4 is 11.6 Å². The summed E-state index contributed by atoms with van der Waals surface area (Å²) in [6.07, 6.45) is 22.6. The van der Waals surface area contributed by atoms with Gasteiger partial charge < -0.3 is 4.74 Å². The zero-order chi connectivity index (χ0) is 16.8. The molecule has 0 aliphatic carbocycles. The minimum absolute atomic E-state index is 0.677. The van der Waals surface area contributed by atoms with Crippen LogP contribution in [0.1, 0.15) is 96.8 Å². The fourth-order valence-corrected chi connectivity index (χ4v) is 2.70. The fourth-order valence-electron chi connectivity index (χ4n) is 2.59. The number of alkyl halides is 1. The first-order valence-electron chi connectivity index (χ1n) is 9.95. The first kappa shape index (κ1) is 22.8. The molecule has 0 fully saturated rings. The number of rotatable bonds is 18. The largest absolute Gasteiger partial charge is 0.381 e. The highest BCUT2D eigenvalue weighted by Crippen LogP contribution is 2.11. The Hall–Kier alpha value is -0.230. The maximum absolute atomic E-state index is 5.62. The van der Waals surface area contributed by atoms with Gasteiger partial charge in [-0.2, -0.15) is 0 Å². The van der Waals surface area contributed by atoms with Crippen LogP contribution in [0.2, 0.25) is 0 Å². The zero-order valence-electron chi connectivity index (χ0n) is 15.5. The summed E-state index contributed by atoms with van der Waals surface area (Å²) in [5.41, 5.74) is 3.12. The van der Waals surface area contributed by atoms with Crippen molar-refractivity contribution in [1.82, 2.24) is 0 Å². The molecule has 0 rings (SSSR count). The molecule has 1 nitrogen and oxygen atoms in total. The maximum atomic E-state index is 5.62. The molecular weight excluding hydrogens is 304 g/mol. The molecule has 0 N–H and O–H groups in total. The van der Waals surface area contributed by atoms with E-state index in [1.54, 1.807) is 0 Å². The van der Waals surface area contributed by atoms with Crippen molar-refractivity contribution in [2.24, 2.45) is 0 Å². The Morgan fingerprint density at radius 2 is 1.22 bits per heavy atom. The summed E-state index contributed by atoms with van der Waals surface area (Å²) < 4.78 is 5.62. The highest BCUT2D eigenvalue weighted by Gasteiger charge is 1.93. The third kappa shape index (κ3) is 21.8. The molecule has 0 saturated carbocycles. The lowest BCUT2D eigenvalue weighted by molar-refractivity contribution is 0.134. The highest BCUT2D eigenvalue weighted by atomic mass is 35.5. The Labute approximate surface area is 150 Å². The minimum atomic E-state index is 0.677. The SMILES string of the molecule is CCCCCCCCCCCCCCOCCC=C=CCCCl. The molecule has 0 radical (unpaired) electrons. The summed E-state index contributed by atoms with van der Waals surface area (Å²) in [5.74, 6) is 0.677. The van der Waals surface area contributed by atoms with Crippen molar-refractivity contribution < 1.29 is 4.74 Å². The number of ether oxygens (including phenoxy) is 1. The zero-order valence-corrected chi connectivity index (χ0v) is 16.2. The molecule has 0 spiro atoms. The molecule has 0 aromatic rings. The molecular formula is C21H39ClO. The summed E-state index contributed by atoms with van der Waals surface area (Å²) in [6.45, 7) is 4.01. The summed E-state index contributed by atoms with van der Waals surface area (Å²) in [6, 6.07) is 0. The minimum Gasteiger partial charge on any atom is -0.381 e. The van der Waals surface area contributed by atoms with Gasteiger partial charge in [-0.25, -0.2) is 0 Å². The van der Waals surface area contributed by atoms with Crippen LogP contribution in [-0.4, -0.2) is 19.1 Å². The Kier molecular flexibility index (Phi) is 21.6. The Balaban J connectivity index is 3.04. The van der Waals surface area contributed by atoms with E-state index in [2.05, 4.69) is 12.7 Å². The van der Waals surface area contributed by atoms with Crippen LogP contribution in [0.25, 0.3) is 0 Å². The van der Waals surface area contributed by atoms with Gasteiger partial charge in [0, 0.05) is 12.5 Å². The van der Waals surface area contributed by atoms with Crippen LogP contribution in [0.5, 0.6) is 0 Å². The Bertz CT molecular complexity index is 269. The average molecular weight is 343 g/mol. The van der Waals surface area contributed by atoms with E-state index >= 15 is 0 Å². The van der Waals surface area contributed by atoms with E-state index in [1.807, 2.05) is 12.2 Å². The number of halogens is 1. The Morgan fingerprint density at radius 3 is 1.78 bits per heavy atom. The molecule has 0 bridgehead atoms. The lowest BCUT2D eigenvalue weighted by Gasteiger charge is -2.03.